The van der Waals surface area contributed by atoms with Crippen molar-refractivity contribution in [3.8, 4) is 5.75 Å². The molecular formula is C27H37N5O4S. The number of alkyl carbamates (subject to hydrolysis) is 1. The quantitative estimate of drug-likeness (QED) is 0.247. The molecule has 37 heavy (non-hydrogen) atoms. The number of aryl methyl sites for hydroxylation is 1. The Morgan fingerprint density at radius 2 is 2.05 bits per heavy atom. The number of amides is 2. The van der Waals surface area contributed by atoms with E-state index in [1.165, 1.54) is 17.6 Å². The van der Waals surface area contributed by atoms with E-state index in [1.807, 2.05) is 38.1 Å². The number of nitrogen functional groups attached to an aromatic ring is 1. The van der Waals surface area contributed by atoms with Gasteiger partial charge in [-0.2, -0.15) is 0 Å². The Morgan fingerprint density at radius 1 is 1.24 bits per heavy atom. The van der Waals surface area contributed by atoms with Gasteiger partial charge in [0.15, 0.2) is 0 Å². The van der Waals surface area contributed by atoms with E-state index in [9.17, 15) is 9.59 Å². The highest BCUT2D eigenvalue weighted by molar-refractivity contribution is 7.17. The Bertz CT molecular complexity index is 1110. The van der Waals surface area contributed by atoms with E-state index >= 15 is 0 Å². The number of carbonyl (C=O) groups excluding carboxylic acids is 2. The third-order valence-electron chi connectivity index (χ3n) is 6.12. The number of nitrogens with two attached hydrogens (primary N) is 1. The van der Waals surface area contributed by atoms with E-state index in [0.29, 0.717) is 43.3 Å². The van der Waals surface area contributed by atoms with E-state index < -0.39 is 6.09 Å². The van der Waals surface area contributed by atoms with Crippen LogP contribution in [0.2, 0.25) is 0 Å². The van der Waals surface area contributed by atoms with Crippen LogP contribution in [0.3, 0.4) is 0 Å². The van der Waals surface area contributed by atoms with Crippen LogP contribution < -0.4 is 26.4 Å². The highest BCUT2D eigenvalue weighted by Crippen LogP contribution is 2.41. The number of benzene rings is 1. The summed E-state index contributed by atoms with van der Waals surface area (Å²) in [5, 5.41) is 16.7. The Labute approximate surface area is 222 Å². The van der Waals surface area contributed by atoms with Crippen molar-refractivity contribution >= 4 is 40.2 Å². The minimum absolute atomic E-state index is 0.0813. The molecular weight excluding hydrogens is 490 g/mol. The Morgan fingerprint density at radius 3 is 2.81 bits per heavy atom. The molecule has 3 rings (SSSR count). The summed E-state index contributed by atoms with van der Waals surface area (Å²) in [6, 6.07) is 7.77. The van der Waals surface area contributed by atoms with E-state index in [1.54, 1.807) is 6.08 Å². The molecule has 6 N–H and O–H groups in total. The summed E-state index contributed by atoms with van der Waals surface area (Å²) < 4.78 is 11.1. The molecule has 1 atom stereocenters. The third-order valence-corrected chi connectivity index (χ3v) is 7.30. The number of anilines is 2. The summed E-state index contributed by atoms with van der Waals surface area (Å²) in [6.07, 6.45) is 5.62. The molecule has 1 unspecified atom stereocenters. The van der Waals surface area contributed by atoms with Crippen LogP contribution >= 0.6 is 11.3 Å². The van der Waals surface area contributed by atoms with Gasteiger partial charge in [-0.25, -0.2) is 4.79 Å². The van der Waals surface area contributed by atoms with Gasteiger partial charge >= 0.3 is 6.09 Å². The van der Waals surface area contributed by atoms with Crippen molar-refractivity contribution in [1.82, 2.24) is 10.6 Å². The van der Waals surface area contributed by atoms with Crippen LogP contribution in [0, 0.1) is 11.3 Å². The molecule has 0 saturated heterocycles. The molecule has 1 heterocycles. The molecule has 10 heteroatoms. The molecule has 2 aromatic rings. The van der Waals surface area contributed by atoms with Gasteiger partial charge in [0, 0.05) is 29.8 Å². The fourth-order valence-electron chi connectivity index (χ4n) is 4.28. The lowest BCUT2D eigenvalue weighted by Crippen LogP contribution is -2.32. The standard InChI is InChI=1S/C27H37N5O4S/c1-3-30-20(13-14-28)16-31-27(34)36-17-18-9-11-21-23(15-18)37-26(25(21)29)32-24(33)12-10-19-7-5-6-8-22(19)35-4-2/h5-8,13-14,18,28,30H,3-4,9-12,15-17,29H2,1-2H3,(H,31,34)(H,32,33)/b20-13-,28-14?. The predicted molar refractivity (Wildman–Crippen MR) is 149 cm³/mol. The summed E-state index contributed by atoms with van der Waals surface area (Å²) >= 11 is 1.51. The van der Waals surface area contributed by atoms with Gasteiger partial charge in [0.25, 0.3) is 0 Å². The van der Waals surface area contributed by atoms with Crippen LogP contribution in [-0.2, 0) is 28.8 Å². The molecule has 0 spiro atoms. The van der Waals surface area contributed by atoms with Crippen LogP contribution in [0.4, 0.5) is 15.5 Å². The van der Waals surface area contributed by atoms with Crippen molar-refractivity contribution in [2.45, 2.75) is 46.0 Å². The number of allylic oxidation sites excluding steroid dienone is 1. The summed E-state index contributed by atoms with van der Waals surface area (Å²) in [6.45, 7) is 5.77. The van der Waals surface area contributed by atoms with Gasteiger partial charge in [0.2, 0.25) is 5.91 Å². The number of thiophene rings is 1. The van der Waals surface area contributed by atoms with Crippen LogP contribution in [-0.4, -0.2) is 44.5 Å². The second kappa shape index (κ2) is 14.3. The lowest BCUT2D eigenvalue weighted by atomic mass is 9.89. The minimum atomic E-state index is -0.482. The number of hydrogen-bond donors (Lipinski definition) is 5. The number of likely N-dealkylation sites (N-methyl/N-ethyl adjacent to an activating group) is 1. The average Bonchev–Trinajstić information content (AvgIpc) is 3.20. The van der Waals surface area contributed by atoms with Gasteiger partial charge in [0.1, 0.15) is 10.8 Å². The zero-order chi connectivity index (χ0) is 26.6. The third kappa shape index (κ3) is 8.24. The first-order valence-corrected chi connectivity index (χ1v) is 13.5. The van der Waals surface area contributed by atoms with Crippen LogP contribution in [0.25, 0.3) is 0 Å². The maximum Gasteiger partial charge on any atom is 0.407 e. The molecule has 1 aliphatic rings. The maximum atomic E-state index is 12.7. The molecule has 1 aromatic carbocycles. The number of fused-ring (bicyclic) bond motifs is 1. The van der Waals surface area contributed by atoms with E-state index in [0.717, 1.165) is 46.7 Å². The number of nitrogens with one attached hydrogen (secondary N) is 4. The van der Waals surface area contributed by atoms with E-state index in [4.69, 9.17) is 20.6 Å². The molecule has 1 aromatic heterocycles. The highest BCUT2D eigenvalue weighted by Gasteiger charge is 2.26. The molecule has 0 fully saturated rings. The molecule has 0 bridgehead atoms. The number of ether oxygens (including phenoxy) is 2. The summed E-state index contributed by atoms with van der Waals surface area (Å²) in [4.78, 5) is 25.9. The Kier molecular flexibility index (Phi) is 10.8. The van der Waals surface area contributed by atoms with Gasteiger partial charge in [-0.15, -0.1) is 11.3 Å². The summed E-state index contributed by atoms with van der Waals surface area (Å²) in [5.41, 5.74) is 9.88. The van der Waals surface area contributed by atoms with Gasteiger partial charge in [-0.05, 0) is 68.7 Å². The van der Waals surface area contributed by atoms with Crippen molar-refractivity contribution in [1.29, 1.82) is 5.41 Å². The van der Waals surface area contributed by atoms with Crippen molar-refractivity contribution < 1.29 is 19.1 Å². The summed E-state index contributed by atoms with van der Waals surface area (Å²) in [5.74, 6) is 0.925. The van der Waals surface area contributed by atoms with Crippen molar-refractivity contribution in [2.75, 3.05) is 37.4 Å². The fraction of sp³-hybridized carbons (Fsp3) is 0.444. The molecule has 0 aliphatic heterocycles. The first-order chi connectivity index (χ1) is 17.9. The molecule has 9 nitrogen and oxygen atoms in total. The predicted octanol–water partition coefficient (Wildman–Crippen LogP) is 4.27. The second-order valence-corrected chi connectivity index (χ2v) is 9.89. The average molecular weight is 528 g/mol. The van der Waals surface area contributed by atoms with Gasteiger partial charge < -0.3 is 36.6 Å². The molecule has 2 amide bonds. The molecule has 0 radical (unpaired) electrons. The number of para-hydroxylation sites is 1. The monoisotopic (exact) mass is 527 g/mol. The molecule has 0 saturated carbocycles. The van der Waals surface area contributed by atoms with Crippen LogP contribution in [0.5, 0.6) is 5.75 Å². The normalized spacial score (nSPS) is 14.9. The van der Waals surface area contributed by atoms with Gasteiger partial charge in [0.05, 0.1) is 25.4 Å². The van der Waals surface area contributed by atoms with Gasteiger partial charge in [-0.3, -0.25) is 4.79 Å². The van der Waals surface area contributed by atoms with Gasteiger partial charge in [-0.1, -0.05) is 18.2 Å². The second-order valence-electron chi connectivity index (χ2n) is 8.79. The SMILES string of the molecule is CCN/C(=C\C=N)CNC(=O)OCC1CCc2c(sc(NC(=O)CCc3ccccc3OCC)c2N)C1. The number of rotatable bonds is 13. The number of carbonyl (C=O) groups is 2. The molecule has 200 valence electrons. The van der Waals surface area contributed by atoms with Crippen molar-refractivity contribution in [3.63, 3.8) is 0 Å². The fourth-order valence-corrected chi connectivity index (χ4v) is 5.58. The Hall–Kier alpha value is -3.53. The smallest absolute Gasteiger partial charge is 0.407 e. The van der Waals surface area contributed by atoms with E-state index in [-0.39, 0.29) is 18.4 Å². The first-order valence-electron chi connectivity index (χ1n) is 12.7. The van der Waals surface area contributed by atoms with Crippen molar-refractivity contribution in [3.05, 3.63) is 52.0 Å². The zero-order valence-corrected chi connectivity index (χ0v) is 22.3. The minimum Gasteiger partial charge on any atom is -0.494 e. The highest BCUT2D eigenvalue weighted by atomic mass is 32.1. The molecule has 1 aliphatic carbocycles. The Balaban J connectivity index is 1.48. The zero-order valence-electron chi connectivity index (χ0n) is 21.5. The lowest BCUT2D eigenvalue weighted by molar-refractivity contribution is -0.116. The first kappa shape index (κ1) is 28.0. The van der Waals surface area contributed by atoms with Crippen molar-refractivity contribution in [2.24, 2.45) is 5.92 Å². The number of hydrogen-bond acceptors (Lipinski definition) is 8. The summed E-state index contributed by atoms with van der Waals surface area (Å²) in [7, 11) is 0. The topological polar surface area (TPSA) is 139 Å². The van der Waals surface area contributed by atoms with E-state index in [2.05, 4.69) is 16.0 Å². The van der Waals surface area contributed by atoms with Crippen LogP contribution in [0.1, 0.15) is 42.7 Å². The van der Waals surface area contributed by atoms with Crippen LogP contribution in [0.15, 0.2) is 36.0 Å². The largest absolute Gasteiger partial charge is 0.494 e. The lowest BCUT2D eigenvalue weighted by Gasteiger charge is -2.22. The maximum absolute atomic E-state index is 12.7.